The van der Waals surface area contributed by atoms with Gasteiger partial charge in [0.1, 0.15) is 10.6 Å². The summed E-state index contributed by atoms with van der Waals surface area (Å²) in [7, 11) is 0. The van der Waals surface area contributed by atoms with Crippen molar-refractivity contribution >= 4 is 39.1 Å². The average Bonchev–Trinajstić information content (AvgIpc) is 3.27. The molecule has 1 N–H and O–H groups in total. The molecule has 0 aromatic carbocycles. The standard InChI is InChI=1S/C19H27N3O2S2/c1-4-19(3)9-13-14(11-24-19)26-17-15(13)16(21-18(22-17)25-5-2)20-10-12-7-6-8-23-12/h12H,4-11H2,1-3H3,(H,20,21,22)/t12-,19+/m1/s1. The summed E-state index contributed by atoms with van der Waals surface area (Å²) in [5, 5.41) is 5.64. The Morgan fingerprint density at radius 1 is 1.35 bits per heavy atom. The molecule has 2 atom stereocenters. The van der Waals surface area contributed by atoms with Crippen LogP contribution >= 0.6 is 23.1 Å². The summed E-state index contributed by atoms with van der Waals surface area (Å²) in [6.45, 7) is 8.92. The molecule has 0 radical (unpaired) electrons. The lowest BCUT2D eigenvalue weighted by atomic mass is 9.90. The molecule has 0 aliphatic carbocycles. The van der Waals surface area contributed by atoms with Gasteiger partial charge in [-0.25, -0.2) is 9.97 Å². The molecule has 142 valence electrons. The topological polar surface area (TPSA) is 56.3 Å². The number of hydrogen-bond donors (Lipinski definition) is 1. The molecule has 2 aliphatic rings. The molecular weight excluding hydrogens is 366 g/mol. The number of ether oxygens (including phenoxy) is 2. The normalized spacial score (nSPS) is 25.6. The Balaban J connectivity index is 1.72. The highest BCUT2D eigenvalue weighted by Crippen LogP contribution is 2.42. The van der Waals surface area contributed by atoms with Crippen LogP contribution in [-0.2, 0) is 22.5 Å². The molecule has 4 rings (SSSR count). The Bertz CT molecular complexity index is 789. The Hall–Kier alpha value is -0.890. The predicted molar refractivity (Wildman–Crippen MR) is 108 cm³/mol. The highest BCUT2D eigenvalue weighted by Gasteiger charge is 2.33. The van der Waals surface area contributed by atoms with Crippen LogP contribution in [0.15, 0.2) is 5.16 Å². The van der Waals surface area contributed by atoms with Crippen molar-refractivity contribution in [3.63, 3.8) is 0 Å². The van der Waals surface area contributed by atoms with Crippen LogP contribution in [0.5, 0.6) is 0 Å². The van der Waals surface area contributed by atoms with E-state index < -0.39 is 0 Å². The van der Waals surface area contributed by atoms with Crippen LogP contribution in [0.25, 0.3) is 10.2 Å². The minimum atomic E-state index is -0.0936. The van der Waals surface area contributed by atoms with E-state index >= 15 is 0 Å². The van der Waals surface area contributed by atoms with Crippen molar-refractivity contribution in [3.05, 3.63) is 10.4 Å². The lowest BCUT2D eigenvalue weighted by Crippen LogP contribution is -2.34. The maximum Gasteiger partial charge on any atom is 0.190 e. The van der Waals surface area contributed by atoms with E-state index in [1.807, 2.05) is 0 Å². The summed E-state index contributed by atoms with van der Waals surface area (Å²) in [4.78, 5) is 12.1. The number of nitrogens with one attached hydrogen (secondary N) is 1. The lowest BCUT2D eigenvalue weighted by molar-refractivity contribution is -0.0542. The molecule has 2 aromatic heterocycles. The fourth-order valence-corrected chi connectivity index (χ4v) is 5.35. The molecule has 26 heavy (non-hydrogen) atoms. The van der Waals surface area contributed by atoms with Crippen LogP contribution in [0.4, 0.5) is 5.82 Å². The van der Waals surface area contributed by atoms with Gasteiger partial charge in [0.05, 0.1) is 23.7 Å². The first kappa shape index (κ1) is 18.5. The van der Waals surface area contributed by atoms with Crippen LogP contribution in [0, 0.1) is 0 Å². The van der Waals surface area contributed by atoms with E-state index in [0.29, 0.717) is 12.7 Å². The third-order valence-corrected chi connectivity index (χ3v) is 7.19. The van der Waals surface area contributed by atoms with Crippen molar-refractivity contribution in [2.45, 2.75) is 69.9 Å². The second-order valence-electron chi connectivity index (χ2n) is 7.26. The molecule has 5 nitrogen and oxygen atoms in total. The van der Waals surface area contributed by atoms with E-state index in [1.54, 1.807) is 23.1 Å². The minimum absolute atomic E-state index is 0.0936. The molecule has 0 bridgehead atoms. The Kier molecular flexibility index (Phi) is 5.41. The smallest absolute Gasteiger partial charge is 0.190 e. The third-order valence-electron chi connectivity index (χ3n) is 5.36. The van der Waals surface area contributed by atoms with Crippen molar-refractivity contribution in [2.24, 2.45) is 0 Å². The summed E-state index contributed by atoms with van der Waals surface area (Å²) < 4.78 is 11.9. The molecular formula is C19H27N3O2S2. The second kappa shape index (κ2) is 7.62. The summed E-state index contributed by atoms with van der Waals surface area (Å²) in [6, 6.07) is 0. The molecule has 1 saturated heterocycles. The Morgan fingerprint density at radius 3 is 2.96 bits per heavy atom. The van der Waals surface area contributed by atoms with Gasteiger partial charge in [0.2, 0.25) is 0 Å². The maximum atomic E-state index is 6.15. The number of anilines is 1. The Morgan fingerprint density at radius 2 is 2.23 bits per heavy atom. The number of fused-ring (bicyclic) bond motifs is 3. The summed E-state index contributed by atoms with van der Waals surface area (Å²) in [5.41, 5.74) is 1.28. The quantitative estimate of drug-likeness (QED) is 0.570. The van der Waals surface area contributed by atoms with Crippen LogP contribution in [0.1, 0.15) is 50.5 Å². The van der Waals surface area contributed by atoms with Crippen molar-refractivity contribution in [2.75, 3.05) is 24.2 Å². The monoisotopic (exact) mass is 393 g/mol. The van der Waals surface area contributed by atoms with Gasteiger partial charge in [0, 0.05) is 24.4 Å². The van der Waals surface area contributed by atoms with E-state index in [9.17, 15) is 0 Å². The first-order chi connectivity index (χ1) is 12.6. The average molecular weight is 394 g/mol. The molecule has 2 aliphatic heterocycles. The number of aromatic nitrogens is 2. The number of thiophene rings is 1. The van der Waals surface area contributed by atoms with E-state index in [4.69, 9.17) is 19.4 Å². The van der Waals surface area contributed by atoms with Gasteiger partial charge in [-0.3, -0.25) is 0 Å². The van der Waals surface area contributed by atoms with Crippen LogP contribution < -0.4 is 5.32 Å². The zero-order valence-corrected chi connectivity index (χ0v) is 17.4. The van der Waals surface area contributed by atoms with Crippen LogP contribution in [0.3, 0.4) is 0 Å². The number of thioether (sulfide) groups is 1. The van der Waals surface area contributed by atoms with Crippen LogP contribution in [0.2, 0.25) is 0 Å². The van der Waals surface area contributed by atoms with Gasteiger partial charge >= 0.3 is 0 Å². The van der Waals surface area contributed by atoms with E-state index in [0.717, 1.165) is 60.4 Å². The highest BCUT2D eigenvalue weighted by molar-refractivity contribution is 7.99. The third kappa shape index (κ3) is 3.59. The van der Waals surface area contributed by atoms with Crippen molar-refractivity contribution in [3.8, 4) is 0 Å². The van der Waals surface area contributed by atoms with Crippen LogP contribution in [-0.4, -0.2) is 40.6 Å². The number of hydrogen-bond acceptors (Lipinski definition) is 7. The van der Waals surface area contributed by atoms with Gasteiger partial charge < -0.3 is 14.8 Å². The summed E-state index contributed by atoms with van der Waals surface area (Å²) in [6.07, 6.45) is 4.51. The fraction of sp³-hybridized carbons (Fsp3) is 0.684. The number of nitrogens with zero attached hydrogens (tertiary/aromatic N) is 2. The SMILES string of the molecule is CCSc1nc(NC[C@H]2CCCO2)c2c3c(sc2n1)CO[C@@](C)(CC)C3. The molecule has 7 heteroatoms. The van der Waals surface area contributed by atoms with Crippen molar-refractivity contribution < 1.29 is 9.47 Å². The van der Waals surface area contributed by atoms with Crippen molar-refractivity contribution in [1.29, 1.82) is 0 Å². The highest BCUT2D eigenvalue weighted by atomic mass is 32.2. The summed E-state index contributed by atoms with van der Waals surface area (Å²) in [5.74, 6) is 1.94. The minimum Gasteiger partial charge on any atom is -0.376 e. The first-order valence-electron chi connectivity index (χ1n) is 9.56. The van der Waals surface area contributed by atoms with E-state index in [-0.39, 0.29) is 5.60 Å². The molecule has 1 fully saturated rings. The molecule has 2 aromatic rings. The van der Waals surface area contributed by atoms with E-state index in [1.165, 1.54) is 15.8 Å². The predicted octanol–water partition coefficient (Wildman–Crippen LogP) is 4.64. The maximum absolute atomic E-state index is 6.15. The molecule has 0 spiro atoms. The van der Waals surface area contributed by atoms with Gasteiger partial charge in [-0.1, -0.05) is 25.6 Å². The summed E-state index contributed by atoms with van der Waals surface area (Å²) >= 11 is 3.46. The van der Waals surface area contributed by atoms with Crippen molar-refractivity contribution in [1.82, 2.24) is 9.97 Å². The van der Waals surface area contributed by atoms with Gasteiger partial charge in [0.15, 0.2) is 5.16 Å². The van der Waals surface area contributed by atoms with Gasteiger partial charge in [-0.15, -0.1) is 11.3 Å². The van der Waals surface area contributed by atoms with E-state index in [2.05, 4.69) is 26.1 Å². The Labute approximate surface area is 163 Å². The lowest BCUT2D eigenvalue weighted by Gasteiger charge is -2.33. The van der Waals surface area contributed by atoms with Gasteiger partial charge in [0.25, 0.3) is 0 Å². The zero-order chi connectivity index (χ0) is 18.1. The largest absolute Gasteiger partial charge is 0.376 e. The fourth-order valence-electron chi connectivity index (χ4n) is 3.62. The zero-order valence-electron chi connectivity index (χ0n) is 15.8. The molecule has 0 saturated carbocycles. The second-order valence-corrected chi connectivity index (χ2v) is 9.57. The first-order valence-corrected chi connectivity index (χ1v) is 11.4. The number of rotatable bonds is 6. The molecule has 0 amide bonds. The van der Waals surface area contributed by atoms with Gasteiger partial charge in [-0.05, 0) is 37.5 Å². The van der Waals surface area contributed by atoms with Gasteiger partial charge in [-0.2, -0.15) is 0 Å². The molecule has 4 heterocycles. The molecule has 0 unspecified atom stereocenters.